The van der Waals surface area contributed by atoms with Gasteiger partial charge in [-0.15, -0.1) is 0 Å². The van der Waals surface area contributed by atoms with Gasteiger partial charge in [0.25, 0.3) is 5.91 Å². The molecule has 0 aliphatic carbocycles. The van der Waals surface area contributed by atoms with E-state index in [1.807, 2.05) is 26.8 Å². The first-order valence-electron chi connectivity index (χ1n) is 10.7. The summed E-state index contributed by atoms with van der Waals surface area (Å²) in [6.07, 6.45) is 0.701. The highest BCUT2D eigenvalue weighted by Crippen LogP contribution is 2.40. The lowest BCUT2D eigenvalue weighted by atomic mass is 9.97. The molecule has 168 valence electrons. The van der Waals surface area contributed by atoms with Crippen molar-refractivity contribution in [3.8, 4) is 11.5 Å². The average molecular weight is 437 g/mol. The Morgan fingerprint density at radius 2 is 1.94 bits per heavy atom. The summed E-state index contributed by atoms with van der Waals surface area (Å²) in [5.41, 5.74) is 2.07. The van der Waals surface area contributed by atoms with Crippen LogP contribution < -0.4 is 10.2 Å². The molecule has 0 saturated heterocycles. The third-order valence-electron chi connectivity index (χ3n) is 5.64. The number of benzene rings is 2. The second-order valence-corrected chi connectivity index (χ2v) is 8.28. The van der Waals surface area contributed by atoms with Crippen LogP contribution in [0.2, 0.25) is 0 Å². The molecule has 0 saturated carbocycles. The van der Waals surface area contributed by atoms with Crippen LogP contribution in [0.1, 0.15) is 53.6 Å². The maximum Gasteiger partial charge on any atom is 0.290 e. The summed E-state index contributed by atoms with van der Waals surface area (Å²) in [6.45, 7) is 6.70. The van der Waals surface area contributed by atoms with Crippen LogP contribution in [-0.2, 0) is 4.74 Å². The number of rotatable bonds is 7. The van der Waals surface area contributed by atoms with Crippen molar-refractivity contribution in [3.05, 3.63) is 69.1 Å². The molecular formula is C25H27NO6. The van der Waals surface area contributed by atoms with Gasteiger partial charge >= 0.3 is 0 Å². The molecule has 0 fully saturated rings. The van der Waals surface area contributed by atoms with Crippen LogP contribution in [-0.4, -0.2) is 42.3 Å². The molecule has 4 rings (SSSR count). The molecule has 0 spiro atoms. The fraction of sp³-hybridized carbons (Fsp3) is 0.360. The van der Waals surface area contributed by atoms with E-state index in [1.54, 1.807) is 29.2 Å². The van der Waals surface area contributed by atoms with Gasteiger partial charge in [0, 0.05) is 13.2 Å². The van der Waals surface area contributed by atoms with Crippen molar-refractivity contribution in [2.45, 2.75) is 39.3 Å². The van der Waals surface area contributed by atoms with Crippen LogP contribution in [0.4, 0.5) is 0 Å². The number of carbonyl (C=O) groups excluding carboxylic acids is 1. The Morgan fingerprint density at radius 3 is 2.66 bits per heavy atom. The number of aryl methyl sites for hydroxylation is 1. The van der Waals surface area contributed by atoms with Gasteiger partial charge in [0.05, 0.1) is 30.2 Å². The minimum Gasteiger partial charge on any atom is -0.504 e. The highest BCUT2D eigenvalue weighted by atomic mass is 16.5. The van der Waals surface area contributed by atoms with Crippen LogP contribution in [0.15, 0.2) is 45.6 Å². The molecule has 1 aliphatic heterocycles. The van der Waals surface area contributed by atoms with E-state index < -0.39 is 6.04 Å². The number of phenolic OH excluding ortho intramolecular Hbond substituents is 1. The highest BCUT2D eigenvalue weighted by Gasteiger charge is 2.42. The molecule has 32 heavy (non-hydrogen) atoms. The first kappa shape index (κ1) is 21.9. The van der Waals surface area contributed by atoms with E-state index in [0.29, 0.717) is 41.7 Å². The smallest absolute Gasteiger partial charge is 0.290 e. The number of ether oxygens (including phenoxy) is 2. The Hall–Kier alpha value is -3.32. The number of carbonyl (C=O) groups is 1. The third kappa shape index (κ3) is 3.84. The predicted molar refractivity (Wildman–Crippen MR) is 120 cm³/mol. The van der Waals surface area contributed by atoms with E-state index in [4.69, 9.17) is 13.9 Å². The van der Waals surface area contributed by atoms with E-state index in [2.05, 4.69) is 0 Å². The summed E-state index contributed by atoms with van der Waals surface area (Å²) in [5.74, 6) is -0.0132. The molecule has 1 amide bonds. The van der Waals surface area contributed by atoms with E-state index in [-0.39, 0.29) is 34.7 Å². The zero-order chi connectivity index (χ0) is 23.0. The first-order chi connectivity index (χ1) is 15.3. The fourth-order valence-corrected chi connectivity index (χ4v) is 4.13. The molecule has 0 radical (unpaired) electrons. The molecule has 1 N–H and O–H groups in total. The molecular weight excluding hydrogens is 410 g/mol. The van der Waals surface area contributed by atoms with E-state index in [0.717, 1.165) is 5.56 Å². The molecule has 3 aromatic rings. The van der Waals surface area contributed by atoms with Gasteiger partial charge in [0.2, 0.25) is 5.76 Å². The lowest BCUT2D eigenvalue weighted by Crippen LogP contribution is -2.31. The van der Waals surface area contributed by atoms with E-state index in [9.17, 15) is 14.7 Å². The van der Waals surface area contributed by atoms with E-state index in [1.165, 1.54) is 13.2 Å². The number of methoxy groups -OCH3 is 1. The summed E-state index contributed by atoms with van der Waals surface area (Å²) in [4.78, 5) is 28.5. The number of aromatic hydroxyl groups is 1. The second-order valence-electron chi connectivity index (χ2n) is 8.28. The molecule has 7 heteroatoms. The maximum absolute atomic E-state index is 13.5. The summed E-state index contributed by atoms with van der Waals surface area (Å²) >= 11 is 0. The van der Waals surface area contributed by atoms with Crippen LogP contribution in [0, 0.1) is 6.92 Å². The molecule has 0 bridgehead atoms. The largest absolute Gasteiger partial charge is 0.504 e. The molecule has 7 nitrogen and oxygen atoms in total. The molecule has 2 aromatic carbocycles. The minimum atomic E-state index is -0.646. The van der Waals surface area contributed by atoms with Crippen molar-refractivity contribution in [1.29, 1.82) is 0 Å². The predicted octanol–water partition coefficient (Wildman–Crippen LogP) is 4.18. The highest BCUT2D eigenvalue weighted by molar-refractivity contribution is 5.99. The van der Waals surface area contributed by atoms with Crippen LogP contribution >= 0.6 is 0 Å². The van der Waals surface area contributed by atoms with Crippen molar-refractivity contribution >= 4 is 16.9 Å². The van der Waals surface area contributed by atoms with Gasteiger partial charge in [-0.1, -0.05) is 17.7 Å². The monoisotopic (exact) mass is 437 g/mol. The number of nitrogens with zero attached hydrogens (tertiary/aromatic N) is 1. The molecule has 2 heterocycles. The van der Waals surface area contributed by atoms with Gasteiger partial charge < -0.3 is 23.9 Å². The van der Waals surface area contributed by atoms with Crippen molar-refractivity contribution in [1.82, 2.24) is 4.90 Å². The van der Waals surface area contributed by atoms with Gasteiger partial charge in [0.15, 0.2) is 16.9 Å². The van der Waals surface area contributed by atoms with Crippen molar-refractivity contribution < 1.29 is 23.8 Å². The van der Waals surface area contributed by atoms with Crippen molar-refractivity contribution in [2.24, 2.45) is 0 Å². The summed E-state index contributed by atoms with van der Waals surface area (Å²) in [7, 11) is 1.46. The van der Waals surface area contributed by atoms with Crippen molar-refractivity contribution in [3.63, 3.8) is 0 Å². The third-order valence-corrected chi connectivity index (χ3v) is 5.64. The minimum absolute atomic E-state index is 0.0150. The molecule has 1 aromatic heterocycles. The number of hydrogen-bond acceptors (Lipinski definition) is 6. The Labute approximate surface area is 186 Å². The van der Waals surface area contributed by atoms with Crippen LogP contribution in [0.5, 0.6) is 11.5 Å². The number of hydrogen-bond donors (Lipinski definition) is 1. The van der Waals surface area contributed by atoms with Gasteiger partial charge in [-0.25, -0.2) is 0 Å². The number of amides is 1. The van der Waals surface area contributed by atoms with Crippen LogP contribution in [0.25, 0.3) is 11.0 Å². The standard InChI is InChI=1S/C25H27NO6/c1-14(2)31-11-5-10-26-22(16-7-8-18(27)20(13-16)30-4)21-23(28)17-12-15(3)6-9-19(17)32-24(21)25(26)29/h6-9,12-14,22,27H,5,10-11H2,1-4H3. The van der Waals surface area contributed by atoms with Gasteiger partial charge in [-0.3, -0.25) is 9.59 Å². The Kier molecular flexibility index (Phi) is 5.93. The summed E-state index contributed by atoms with van der Waals surface area (Å²) < 4.78 is 16.8. The SMILES string of the molecule is COc1cc(C2c3c(oc4ccc(C)cc4c3=O)C(=O)N2CCCOC(C)C)ccc1O. The van der Waals surface area contributed by atoms with Crippen LogP contribution in [0.3, 0.4) is 0 Å². The molecule has 1 unspecified atom stereocenters. The van der Waals surface area contributed by atoms with E-state index >= 15 is 0 Å². The Balaban J connectivity index is 1.85. The second kappa shape index (κ2) is 8.67. The lowest BCUT2D eigenvalue weighted by molar-refractivity contribution is 0.0593. The van der Waals surface area contributed by atoms with Gasteiger partial charge in [-0.2, -0.15) is 0 Å². The molecule has 1 atom stereocenters. The number of fused-ring (bicyclic) bond motifs is 2. The first-order valence-corrected chi connectivity index (χ1v) is 10.7. The molecule has 1 aliphatic rings. The fourth-order valence-electron chi connectivity index (χ4n) is 4.13. The van der Waals surface area contributed by atoms with Crippen molar-refractivity contribution in [2.75, 3.05) is 20.3 Å². The summed E-state index contributed by atoms with van der Waals surface area (Å²) in [5, 5.41) is 10.5. The van der Waals surface area contributed by atoms with Gasteiger partial charge in [0.1, 0.15) is 5.58 Å². The maximum atomic E-state index is 13.5. The van der Waals surface area contributed by atoms with Gasteiger partial charge in [-0.05, 0) is 57.0 Å². The lowest BCUT2D eigenvalue weighted by Gasteiger charge is -2.25. The number of phenols is 1. The topological polar surface area (TPSA) is 89.2 Å². The Bertz CT molecular complexity index is 1230. The quantitative estimate of drug-likeness (QED) is 0.558. The normalized spacial score (nSPS) is 15.6. The summed E-state index contributed by atoms with van der Waals surface area (Å²) in [6, 6.07) is 9.55. The zero-order valence-corrected chi connectivity index (χ0v) is 18.7. The Morgan fingerprint density at radius 1 is 1.16 bits per heavy atom. The zero-order valence-electron chi connectivity index (χ0n) is 18.7. The average Bonchev–Trinajstić information content (AvgIpc) is 3.04.